The Morgan fingerprint density at radius 2 is 2.00 bits per heavy atom. The van der Waals surface area contributed by atoms with Crippen molar-refractivity contribution in [2.24, 2.45) is 5.73 Å². The Morgan fingerprint density at radius 3 is 2.70 bits per heavy atom. The van der Waals surface area contributed by atoms with Crippen LogP contribution in [0.5, 0.6) is 0 Å². The number of nitrogens with zero attached hydrogens (tertiary/aromatic N) is 3. The molecule has 3 rings (SSSR count). The Labute approximate surface area is 140 Å². The van der Waals surface area contributed by atoms with Crippen LogP contribution >= 0.6 is 11.3 Å². The van der Waals surface area contributed by atoms with Crippen LogP contribution in [0.15, 0.2) is 30.7 Å². The Kier molecular flexibility index (Phi) is 4.28. The highest BCUT2D eigenvalue weighted by molar-refractivity contribution is 7.19. The molecule has 3 heterocycles. The van der Waals surface area contributed by atoms with Gasteiger partial charge in [-0.15, -0.1) is 16.4 Å². The van der Waals surface area contributed by atoms with Gasteiger partial charge in [0.25, 0.3) is 0 Å². The number of hydrogen-bond acceptors (Lipinski definition) is 6. The number of hydrogen-bond donors (Lipinski definition) is 2. The van der Waals surface area contributed by atoms with Crippen LogP contribution < -0.4 is 11.1 Å². The van der Waals surface area contributed by atoms with Crippen LogP contribution in [0.3, 0.4) is 0 Å². The minimum absolute atomic E-state index is 0.232. The summed E-state index contributed by atoms with van der Waals surface area (Å²) in [5.74, 6) is 0. The van der Waals surface area contributed by atoms with E-state index < -0.39 is 0 Å². The maximum atomic E-state index is 6.18. The average Bonchev–Trinajstić information content (AvgIpc) is 2.82. The zero-order valence-electron chi connectivity index (χ0n) is 13.6. The minimum Gasteiger partial charge on any atom is -0.378 e. The lowest BCUT2D eigenvalue weighted by molar-refractivity contribution is 0.520. The molecule has 0 atom stereocenters. The van der Waals surface area contributed by atoms with Crippen LogP contribution in [-0.2, 0) is 13.0 Å². The summed E-state index contributed by atoms with van der Waals surface area (Å²) in [6, 6.07) is 4.00. The van der Waals surface area contributed by atoms with Gasteiger partial charge >= 0.3 is 0 Å². The smallest absolute Gasteiger partial charge is 0.109 e. The maximum absolute atomic E-state index is 6.18. The van der Waals surface area contributed by atoms with E-state index in [9.17, 15) is 0 Å². The molecular weight excluding hydrogens is 306 g/mol. The summed E-state index contributed by atoms with van der Waals surface area (Å²) in [7, 11) is 0. The van der Waals surface area contributed by atoms with E-state index in [-0.39, 0.29) is 5.54 Å². The number of nitrogens with two attached hydrogens (primary N) is 1. The third-order valence-electron chi connectivity index (χ3n) is 3.65. The number of rotatable bonds is 5. The molecule has 3 N–H and O–H groups in total. The van der Waals surface area contributed by atoms with Crippen molar-refractivity contribution in [3.63, 3.8) is 0 Å². The Morgan fingerprint density at radius 1 is 1.26 bits per heavy atom. The number of fused-ring (bicyclic) bond motifs is 1. The largest absolute Gasteiger partial charge is 0.378 e. The summed E-state index contributed by atoms with van der Waals surface area (Å²) in [4.78, 5) is 5.32. The second-order valence-electron chi connectivity index (χ2n) is 6.46. The van der Waals surface area contributed by atoms with Crippen molar-refractivity contribution in [1.82, 2.24) is 15.2 Å². The van der Waals surface area contributed by atoms with Gasteiger partial charge in [-0.05, 0) is 50.5 Å². The van der Waals surface area contributed by atoms with Gasteiger partial charge in [-0.25, -0.2) is 0 Å². The molecule has 3 aromatic heterocycles. The molecule has 6 heteroatoms. The topological polar surface area (TPSA) is 76.7 Å². The molecule has 0 spiro atoms. The van der Waals surface area contributed by atoms with Gasteiger partial charge in [0.05, 0.1) is 16.6 Å². The van der Waals surface area contributed by atoms with Gasteiger partial charge in [0.1, 0.15) is 5.52 Å². The van der Waals surface area contributed by atoms with Crippen LogP contribution in [0.4, 0.5) is 5.69 Å². The zero-order chi connectivity index (χ0) is 16.4. The number of thiophene rings is 1. The van der Waals surface area contributed by atoms with E-state index in [1.165, 1.54) is 16.0 Å². The molecule has 0 bridgehead atoms. The summed E-state index contributed by atoms with van der Waals surface area (Å²) in [5.41, 5.74) is 10.3. The minimum atomic E-state index is -0.232. The lowest BCUT2D eigenvalue weighted by Gasteiger charge is -2.17. The third-order valence-corrected chi connectivity index (χ3v) is 4.97. The molecule has 0 aliphatic heterocycles. The van der Waals surface area contributed by atoms with Gasteiger partial charge in [-0.2, -0.15) is 5.10 Å². The van der Waals surface area contributed by atoms with Gasteiger partial charge in [0, 0.05) is 29.4 Å². The first-order valence-corrected chi connectivity index (χ1v) is 8.41. The summed E-state index contributed by atoms with van der Waals surface area (Å²) in [5, 5.41) is 11.9. The maximum Gasteiger partial charge on any atom is 0.109 e. The van der Waals surface area contributed by atoms with Gasteiger partial charge in [0.2, 0.25) is 0 Å². The molecule has 0 aromatic carbocycles. The fourth-order valence-electron chi connectivity index (χ4n) is 2.46. The van der Waals surface area contributed by atoms with Crippen molar-refractivity contribution in [3.8, 4) is 0 Å². The number of nitrogens with one attached hydrogen (secondary N) is 1. The molecule has 0 fully saturated rings. The zero-order valence-corrected chi connectivity index (χ0v) is 14.4. The van der Waals surface area contributed by atoms with E-state index in [1.54, 1.807) is 29.9 Å². The standard InChI is InChI=1S/C17H21N5S/c1-11-14(8-17(2,3)18)23-16-13(10-21-22-15(11)16)20-9-12-4-6-19-7-5-12/h4-7,10H,8-9,18H2,1-3H3,(H,20,22). The fourth-order valence-corrected chi connectivity index (χ4v) is 3.93. The molecule has 0 aliphatic carbocycles. The first kappa shape index (κ1) is 15.8. The van der Waals surface area contributed by atoms with Crippen molar-refractivity contribution in [3.05, 3.63) is 46.7 Å². The normalized spacial score (nSPS) is 11.8. The van der Waals surface area contributed by atoms with Crippen LogP contribution in [0.2, 0.25) is 0 Å². The van der Waals surface area contributed by atoms with Crippen LogP contribution in [-0.4, -0.2) is 20.7 Å². The molecular formula is C17H21N5S. The SMILES string of the molecule is Cc1c(CC(C)(C)N)sc2c(NCc3ccncc3)cnnc12. The van der Waals surface area contributed by atoms with Crippen LogP contribution in [0, 0.1) is 6.92 Å². The Balaban J connectivity index is 1.90. The molecule has 5 nitrogen and oxygen atoms in total. The van der Waals surface area contributed by atoms with Gasteiger partial charge in [0.15, 0.2) is 0 Å². The molecule has 0 saturated heterocycles. The summed E-state index contributed by atoms with van der Waals surface area (Å²) in [6.45, 7) is 6.93. The molecule has 0 radical (unpaired) electrons. The first-order valence-electron chi connectivity index (χ1n) is 7.59. The van der Waals surface area contributed by atoms with E-state index in [4.69, 9.17) is 5.73 Å². The van der Waals surface area contributed by atoms with Crippen LogP contribution in [0.1, 0.15) is 29.9 Å². The highest BCUT2D eigenvalue weighted by Gasteiger charge is 2.19. The lowest BCUT2D eigenvalue weighted by atomic mass is 9.99. The van der Waals surface area contributed by atoms with E-state index >= 15 is 0 Å². The van der Waals surface area contributed by atoms with E-state index in [0.29, 0.717) is 0 Å². The van der Waals surface area contributed by atoms with Crippen molar-refractivity contribution in [2.45, 2.75) is 39.3 Å². The fraction of sp³-hybridized carbons (Fsp3) is 0.353. The second kappa shape index (κ2) is 6.22. The first-order chi connectivity index (χ1) is 10.9. The number of anilines is 1. The molecule has 120 valence electrons. The second-order valence-corrected chi connectivity index (χ2v) is 7.57. The highest BCUT2D eigenvalue weighted by atomic mass is 32.1. The average molecular weight is 327 g/mol. The highest BCUT2D eigenvalue weighted by Crippen LogP contribution is 2.35. The summed E-state index contributed by atoms with van der Waals surface area (Å²) >= 11 is 1.76. The molecule has 23 heavy (non-hydrogen) atoms. The van der Waals surface area contributed by atoms with Gasteiger partial charge in [-0.1, -0.05) is 0 Å². The number of aromatic nitrogens is 3. The number of aryl methyl sites for hydroxylation is 1. The quantitative estimate of drug-likeness (QED) is 0.752. The lowest BCUT2D eigenvalue weighted by Crippen LogP contribution is -2.34. The Hall–Kier alpha value is -2.05. The van der Waals surface area contributed by atoms with Crippen molar-refractivity contribution in [2.75, 3.05) is 5.32 Å². The Bertz CT molecular complexity index is 805. The molecule has 3 aromatic rings. The van der Waals surface area contributed by atoms with Gasteiger partial charge in [-0.3, -0.25) is 4.98 Å². The van der Waals surface area contributed by atoms with E-state index in [0.717, 1.165) is 28.9 Å². The molecule has 0 unspecified atom stereocenters. The monoisotopic (exact) mass is 327 g/mol. The number of pyridine rings is 1. The molecule has 0 aliphatic rings. The van der Waals surface area contributed by atoms with Crippen LogP contribution in [0.25, 0.3) is 10.2 Å². The molecule has 0 amide bonds. The van der Waals surface area contributed by atoms with E-state index in [2.05, 4.69) is 27.4 Å². The molecule has 0 saturated carbocycles. The summed E-state index contributed by atoms with van der Waals surface area (Å²) in [6.07, 6.45) is 6.22. The van der Waals surface area contributed by atoms with Crippen molar-refractivity contribution < 1.29 is 0 Å². The predicted molar refractivity (Wildman–Crippen MR) is 95.7 cm³/mol. The van der Waals surface area contributed by atoms with Crippen molar-refractivity contribution in [1.29, 1.82) is 0 Å². The third kappa shape index (κ3) is 3.65. The summed E-state index contributed by atoms with van der Waals surface area (Å²) < 4.78 is 1.14. The van der Waals surface area contributed by atoms with E-state index in [1.807, 2.05) is 26.0 Å². The van der Waals surface area contributed by atoms with Gasteiger partial charge < -0.3 is 11.1 Å². The van der Waals surface area contributed by atoms with Crippen molar-refractivity contribution >= 4 is 27.2 Å². The predicted octanol–water partition coefficient (Wildman–Crippen LogP) is 3.29.